The number of anilines is 1. The van der Waals surface area contributed by atoms with Gasteiger partial charge in [-0.2, -0.15) is 0 Å². The van der Waals surface area contributed by atoms with Crippen molar-refractivity contribution in [2.75, 3.05) is 25.3 Å². The van der Waals surface area contributed by atoms with Crippen LogP contribution in [-0.4, -0.2) is 31.2 Å². The Morgan fingerprint density at radius 1 is 1.25 bits per heavy atom. The predicted octanol–water partition coefficient (Wildman–Crippen LogP) is 3.39. The molecule has 1 aliphatic heterocycles. The predicted molar refractivity (Wildman–Crippen MR) is 84.2 cm³/mol. The zero-order chi connectivity index (χ0) is 13.9. The van der Waals surface area contributed by atoms with Crippen LogP contribution in [0.5, 0.6) is 11.5 Å². The topological polar surface area (TPSA) is 42.8 Å². The van der Waals surface area contributed by atoms with Gasteiger partial charge in [0.05, 0.1) is 25.9 Å². The molecular weight excluding hydrogens is 272 g/mol. The number of ether oxygens (including phenoxy) is 2. The van der Waals surface area contributed by atoms with Crippen LogP contribution in [0.2, 0.25) is 0 Å². The Balaban J connectivity index is 1.77. The first-order valence-corrected chi connectivity index (χ1v) is 7.98. The number of aliphatic imine (C=N–C) groups is 1. The number of amidine groups is 1. The van der Waals surface area contributed by atoms with E-state index in [1.165, 1.54) is 25.0 Å². The minimum atomic E-state index is 0.517. The van der Waals surface area contributed by atoms with Gasteiger partial charge in [-0.25, -0.2) is 0 Å². The van der Waals surface area contributed by atoms with Gasteiger partial charge in [0.2, 0.25) is 0 Å². The molecule has 1 saturated carbocycles. The van der Waals surface area contributed by atoms with Crippen molar-refractivity contribution in [3.8, 4) is 11.5 Å². The van der Waals surface area contributed by atoms with Gasteiger partial charge in [-0.15, -0.1) is 0 Å². The van der Waals surface area contributed by atoms with Crippen LogP contribution < -0.4 is 14.8 Å². The second-order valence-corrected chi connectivity index (χ2v) is 6.20. The lowest BCUT2D eigenvalue weighted by atomic mass is 10.1. The third kappa shape index (κ3) is 2.73. The molecule has 0 spiro atoms. The van der Waals surface area contributed by atoms with Crippen LogP contribution in [0.1, 0.15) is 19.3 Å². The van der Waals surface area contributed by atoms with E-state index in [0.717, 1.165) is 28.3 Å². The van der Waals surface area contributed by atoms with Gasteiger partial charge in [-0.1, -0.05) is 18.2 Å². The lowest BCUT2D eigenvalue weighted by Gasteiger charge is -2.24. The molecule has 0 aromatic heterocycles. The summed E-state index contributed by atoms with van der Waals surface area (Å²) in [7, 11) is 3.33. The Kier molecular flexibility index (Phi) is 4.05. The Hall–Kier alpha value is -1.36. The van der Waals surface area contributed by atoms with Crippen LogP contribution in [0, 0.1) is 5.92 Å². The first-order chi connectivity index (χ1) is 9.80. The zero-order valence-corrected chi connectivity index (χ0v) is 12.7. The van der Waals surface area contributed by atoms with Gasteiger partial charge in [0.15, 0.2) is 5.17 Å². The van der Waals surface area contributed by atoms with Gasteiger partial charge in [0.1, 0.15) is 11.5 Å². The quantitative estimate of drug-likeness (QED) is 0.927. The van der Waals surface area contributed by atoms with Crippen LogP contribution >= 0.6 is 11.8 Å². The van der Waals surface area contributed by atoms with Crippen molar-refractivity contribution in [2.45, 2.75) is 25.3 Å². The van der Waals surface area contributed by atoms with Gasteiger partial charge in [0.25, 0.3) is 0 Å². The largest absolute Gasteiger partial charge is 0.497 e. The first-order valence-electron chi connectivity index (χ1n) is 7.00. The highest BCUT2D eigenvalue weighted by Crippen LogP contribution is 2.37. The van der Waals surface area contributed by atoms with Crippen molar-refractivity contribution >= 4 is 22.6 Å². The maximum Gasteiger partial charge on any atom is 0.161 e. The number of methoxy groups -OCH3 is 2. The lowest BCUT2D eigenvalue weighted by molar-refractivity contribution is 0.395. The molecule has 1 heterocycles. The average Bonchev–Trinajstić information content (AvgIpc) is 2.95. The summed E-state index contributed by atoms with van der Waals surface area (Å²) in [5.74, 6) is 3.53. The highest BCUT2D eigenvalue weighted by molar-refractivity contribution is 8.14. The molecule has 0 bridgehead atoms. The van der Waals surface area contributed by atoms with Crippen molar-refractivity contribution in [1.82, 2.24) is 0 Å². The minimum absolute atomic E-state index is 0.517. The number of nitrogens with one attached hydrogen (secondary N) is 1. The van der Waals surface area contributed by atoms with E-state index in [4.69, 9.17) is 14.5 Å². The van der Waals surface area contributed by atoms with Crippen LogP contribution in [0.25, 0.3) is 0 Å². The Bertz CT molecular complexity index is 519. The number of hydrogen-bond donors (Lipinski definition) is 1. The highest BCUT2D eigenvalue weighted by Gasteiger charge is 2.31. The first kappa shape index (κ1) is 13.6. The van der Waals surface area contributed by atoms with Gasteiger partial charge < -0.3 is 14.8 Å². The molecular formula is C15H20N2O2S. The van der Waals surface area contributed by atoms with Gasteiger partial charge in [0, 0.05) is 11.8 Å². The second kappa shape index (κ2) is 5.95. The number of hydrogen-bond acceptors (Lipinski definition) is 5. The van der Waals surface area contributed by atoms with Gasteiger partial charge in [-0.05, 0) is 30.9 Å². The van der Waals surface area contributed by atoms with E-state index < -0.39 is 0 Å². The van der Waals surface area contributed by atoms with E-state index in [-0.39, 0.29) is 0 Å². The molecule has 1 aliphatic carbocycles. The Morgan fingerprint density at radius 2 is 2.15 bits per heavy atom. The van der Waals surface area contributed by atoms with Crippen molar-refractivity contribution in [1.29, 1.82) is 0 Å². The monoisotopic (exact) mass is 292 g/mol. The third-order valence-electron chi connectivity index (χ3n) is 3.99. The van der Waals surface area contributed by atoms with E-state index in [2.05, 4.69) is 5.32 Å². The van der Waals surface area contributed by atoms with Crippen molar-refractivity contribution < 1.29 is 9.47 Å². The molecule has 0 radical (unpaired) electrons. The second-order valence-electron chi connectivity index (χ2n) is 5.19. The smallest absolute Gasteiger partial charge is 0.161 e. The minimum Gasteiger partial charge on any atom is -0.497 e. The fraction of sp³-hybridized carbons (Fsp3) is 0.533. The molecule has 0 amide bonds. The summed E-state index contributed by atoms with van der Waals surface area (Å²) in [6.07, 6.45) is 3.88. The van der Waals surface area contributed by atoms with Crippen LogP contribution in [0.4, 0.5) is 5.69 Å². The summed E-state index contributed by atoms with van der Waals surface area (Å²) in [6, 6.07) is 6.30. The summed E-state index contributed by atoms with van der Waals surface area (Å²) >= 11 is 1.82. The van der Waals surface area contributed by atoms with E-state index >= 15 is 0 Å². The summed E-state index contributed by atoms with van der Waals surface area (Å²) in [5, 5.41) is 4.41. The molecule has 5 heteroatoms. The number of rotatable bonds is 3. The average molecular weight is 292 g/mol. The van der Waals surface area contributed by atoms with Crippen LogP contribution in [-0.2, 0) is 0 Å². The molecule has 2 aliphatic rings. The van der Waals surface area contributed by atoms with Crippen molar-refractivity contribution in [2.24, 2.45) is 10.9 Å². The fourth-order valence-electron chi connectivity index (χ4n) is 2.84. The molecule has 1 N–H and O–H groups in total. The number of thioether (sulfide) groups is 1. The maximum absolute atomic E-state index is 5.41. The zero-order valence-electron chi connectivity index (χ0n) is 11.9. The molecule has 2 unspecified atom stereocenters. The molecule has 2 atom stereocenters. The maximum atomic E-state index is 5.41. The van der Waals surface area contributed by atoms with Gasteiger partial charge >= 0.3 is 0 Å². The highest BCUT2D eigenvalue weighted by atomic mass is 32.2. The van der Waals surface area contributed by atoms with Crippen molar-refractivity contribution in [3.63, 3.8) is 0 Å². The van der Waals surface area contributed by atoms with Crippen LogP contribution in [0.3, 0.4) is 0 Å². The third-order valence-corrected chi connectivity index (χ3v) is 5.06. The number of fused-ring (bicyclic) bond motifs is 1. The summed E-state index contributed by atoms with van der Waals surface area (Å²) < 4.78 is 10.6. The molecule has 3 rings (SSSR count). The molecule has 20 heavy (non-hydrogen) atoms. The summed E-state index contributed by atoms with van der Waals surface area (Å²) in [4.78, 5) is 4.84. The van der Waals surface area contributed by atoms with Crippen molar-refractivity contribution in [3.05, 3.63) is 18.2 Å². The normalized spacial score (nSPS) is 24.8. The Labute approximate surface area is 123 Å². The molecule has 1 aromatic rings. The van der Waals surface area contributed by atoms with E-state index in [1.807, 2.05) is 30.0 Å². The summed E-state index contributed by atoms with van der Waals surface area (Å²) in [5.41, 5.74) is 0.941. The molecule has 4 nitrogen and oxygen atoms in total. The molecule has 108 valence electrons. The van der Waals surface area contributed by atoms with E-state index in [1.54, 1.807) is 14.2 Å². The lowest BCUT2D eigenvalue weighted by Crippen LogP contribution is -2.25. The fourth-order valence-corrected chi connectivity index (χ4v) is 3.99. The number of nitrogens with zero attached hydrogens (tertiary/aromatic N) is 1. The molecule has 1 aromatic carbocycles. The molecule has 1 fully saturated rings. The SMILES string of the molecule is COc1ccc(NC2=NC3CCCC3CS2)c(OC)c1. The molecule has 0 saturated heterocycles. The van der Waals surface area contributed by atoms with Crippen LogP contribution in [0.15, 0.2) is 23.2 Å². The van der Waals surface area contributed by atoms with E-state index in [0.29, 0.717) is 6.04 Å². The standard InChI is InChI=1S/C15H20N2O2S/c1-18-11-6-7-13(14(8-11)19-2)17-15-16-12-5-3-4-10(12)9-20-15/h6-8,10,12H,3-5,9H2,1-2H3,(H,16,17). The number of benzene rings is 1. The van der Waals surface area contributed by atoms with E-state index in [9.17, 15) is 0 Å². The van der Waals surface area contributed by atoms with Gasteiger partial charge in [-0.3, -0.25) is 4.99 Å². The Morgan fingerprint density at radius 3 is 2.95 bits per heavy atom. The summed E-state index contributed by atoms with van der Waals surface area (Å²) in [6.45, 7) is 0.